The van der Waals surface area contributed by atoms with Gasteiger partial charge in [-0.05, 0) is 40.0 Å². The SMILES string of the molecule is CCc1c(-c2ccccc2)c(-c2ccccc2)nn1-c1ccccc1Br. The third kappa shape index (κ3) is 2.99. The van der Waals surface area contributed by atoms with Crippen LogP contribution in [0.2, 0.25) is 0 Å². The standard InChI is InChI=1S/C23H19BrN2/c1-2-20-22(17-11-5-3-6-12-17)23(18-13-7-4-8-14-18)25-26(20)21-16-10-9-15-19(21)24/h3-16H,2H2,1H3. The van der Waals surface area contributed by atoms with Crippen LogP contribution in [0.3, 0.4) is 0 Å². The third-order valence-electron chi connectivity index (χ3n) is 4.51. The number of benzene rings is 3. The summed E-state index contributed by atoms with van der Waals surface area (Å²) in [4.78, 5) is 0. The average Bonchev–Trinajstić information content (AvgIpc) is 3.09. The second kappa shape index (κ2) is 7.30. The van der Waals surface area contributed by atoms with E-state index in [1.165, 1.54) is 16.8 Å². The summed E-state index contributed by atoms with van der Waals surface area (Å²) in [5.41, 5.74) is 6.82. The fourth-order valence-corrected chi connectivity index (χ4v) is 3.76. The molecule has 0 bridgehead atoms. The highest BCUT2D eigenvalue weighted by Crippen LogP contribution is 2.37. The molecule has 4 rings (SSSR count). The molecule has 3 aromatic carbocycles. The minimum absolute atomic E-state index is 0.894. The smallest absolute Gasteiger partial charge is 0.101 e. The number of nitrogens with zero attached hydrogens (tertiary/aromatic N) is 2. The quantitative estimate of drug-likeness (QED) is 0.379. The first kappa shape index (κ1) is 16.8. The van der Waals surface area contributed by atoms with Gasteiger partial charge in [0.1, 0.15) is 5.69 Å². The lowest BCUT2D eigenvalue weighted by molar-refractivity contribution is 0.814. The van der Waals surface area contributed by atoms with Gasteiger partial charge < -0.3 is 0 Å². The maximum absolute atomic E-state index is 5.05. The van der Waals surface area contributed by atoms with Crippen molar-refractivity contribution in [3.8, 4) is 28.1 Å². The van der Waals surface area contributed by atoms with Crippen molar-refractivity contribution < 1.29 is 0 Å². The zero-order valence-corrected chi connectivity index (χ0v) is 16.1. The molecule has 0 saturated carbocycles. The molecule has 0 amide bonds. The Balaban J connectivity index is 2.04. The Morgan fingerprint density at radius 2 is 1.35 bits per heavy atom. The van der Waals surface area contributed by atoms with Gasteiger partial charge in [0.25, 0.3) is 0 Å². The van der Waals surface area contributed by atoms with Crippen LogP contribution in [0, 0.1) is 0 Å². The van der Waals surface area contributed by atoms with Crippen LogP contribution in [0.25, 0.3) is 28.1 Å². The molecule has 2 nitrogen and oxygen atoms in total. The second-order valence-corrected chi connectivity index (χ2v) is 6.97. The zero-order chi connectivity index (χ0) is 17.9. The molecule has 0 atom stereocenters. The summed E-state index contributed by atoms with van der Waals surface area (Å²) < 4.78 is 3.12. The van der Waals surface area contributed by atoms with E-state index in [0.29, 0.717) is 0 Å². The van der Waals surface area contributed by atoms with Crippen molar-refractivity contribution in [2.45, 2.75) is 13.3 Å². The van der Waals surface area contributed by atoms with Gasteiger partial charge in [-0.2, -0.15) is 5.10 Å². The molecule has 0 aliphatic rings. The topological polar surface area (TPSA) is 17.8 Å². The largest absolute Gasteiger partial charge is 0.235 e. The second-order valence-electron chi connectivity index (χ2n) is 6.12. The first-order valence-corrected chi connectivity index (χ1v) is 9.56. The van der Waals surface area contributed by atoms with E-state index in [2.05, 4.69) is 94.3 Å². The highest BCUT2D eigenvalue weighted by Gasteiger charge is 2.21. The van der Waals surface area contributed by atoms with Gasteiger partial charge >= 0.3 is 0 Å². The van der Waals surface area contributed by atoms with Crippen molar-refractivity contribution in [3.05, 3.63) is 95.1 Å². The third-order valence-corrected chi connectivity index (χ3v) is 5.18. The van der Waals surface area contributed by atoms with Crippen LogP contribution in [0.4, 0.5) is 0 Å². The number of halogens is 1. The lowest BCUT2D eigenvalue weighted by Crippen LogP contribution is -2.02. The maximum atomic E-state index is 5.05. The Hall–Kier alpha value is -2.65. The van der Waals surface area contributed by atoms with Crippen LogP contribution >= 0.6 is 15.9 Å². The summed E-state index contributed by atoms with van der Waals surface area (Å²) >= 11 is 3.68. The van der Waals surface area contributed by atoms with Gasteiger partial charge in [-0.3, -0.25) is 0 Å². The Morgan fingerprint density at radius 1 is 0.769 bits per heavy atom. The maximum Gasteiger partial charge on any atom is 0.101 e. The molecule has 3 heteroatoms. The Bertz CT molecular complexity index is 1020. The van der Waals surface area contributed by atoms with E-state index in [1.54, 1.807) is 0 Å². The van der Waals surface area contributed by atoms with Gasteiger partial charge in [-0.1, -0.05) is 79.7 Å². The molecule has 0 N–H and O–H groups in total. The summed E-state index contributed by atoms with van der Waals surface area (Å²) in [5, 5.41) is 5.05. The van der Waals surface area contributed by atoms with Crippen molar-refractivity contribution in [2.75, 3.05) is 0 Å². The molecule has 0 radical (unpaired) electrons. The summed E-state index contributed by atoms with van der Waals surface area (Å²) in [6, 6.07) is 29.2. The summed E-state index contributed by atoms with van der Waals surface area (Å²) in [7, 11) is 0. The molecule has 0 aliphatic heterocycles. The molecule has 128 valence electrons. The van der Waals surface area contributed by atoms with E-state index in [9.17, 15) is 0 Å². The number of hydrogen-bond acceptors (Lipinski definition) is 1. The number of rotatable bonds is 4. The van der Waals surface area contributed by atoms with Gasteiger partial charge in [0.05, 0.1) is 11.4 Å². The van der Waals surface area contributed by atoms with Gasteiger partial charge in [0, 0.05) is 15.6 Å². The van der Waals surface area contributed by atoms with Crippen molar-refractivity contribution in [1.82, 2.24) is 9.78 Å². The molecule has 26 heavy (non-hydrogen) atoms. The van der Waals surface area contributed by atoms with Crippen molar-refractivity contribution >= 4 is 15.9 Å². The molecule has 0 unspecified atom stereocenters. The summed E-state index contributed by atoms with van der Waals surface area (Å²) in [6.07, 6.45) is 0.894. The molecule has 0 spiro atoms. The molecule has 0 aliphatic carbocycles. The monoisotopic (exact) mass is 402 g/mol. The summed E-state index contributed by atoms with van der Waals surface area (Å²) in [5.74, 6) is 0. The molecule has 1 heterocycles. The van der Waals surface area contributed by atoms with Crippen LogP contribution in [-0.4, -0.2) is 9.78 Å². The van der Waals surface area contributed by atoms with Crippen molar-refractivity contribution in [1.29, 1.82) is 0 Å². The van der Waals surface area contributed by atoms with Gasteiger partial charge in [0.15, 0.2) is 0 Å². The van der Waals surface area contributed by atoms with Gasteiger partial charge in [-0.15, -0.1) is 0 Å². The Labute approximate surface area is 162 Å². The van der Waals surface area contributed by atoms with E-state index < -0.39 is 0 Å². The van der Waals surface area contributed by atoms with Gasteiger partial charge in [-0.25, -0.2) is 4.68 Å². The fraction of sp³-hybridized carbons (Fsp3) is 0.0870. The van der Waals surface area contributed by atoms with Crippen molar-refractivity contribution in [3.63, 3.8) is 0 Å². The highest BCUT2D eigenvalue weighted by atomic mass is 79.9. The van der Waals surface area contributed by atoms with E-state index in [1.807, 2.05) is 18.2 Å². The van der Waals surface area contributed by atoms with E-state index in [-0.39, 0.29) is 0 Å². The van der Waals surface area contributed by atoms with Crippen molar-refractivity contribution in [2.24, 2.45) is 0 Å². The first-order chi connectivity index (χ1) is 12.8. The Morgan fingerprint density at radius 3 is 1.96 bits per heavy atom. The van der Waals surface area contributed by atoms with E-state index in [0.717, 1.165) is 27.8 Å². The number of hydrogen-bond donors (Lipinski definition) is 0. The van der Waals surface area contributed by atoms with Crippen LogP contribution in [0.15, 0.2) is 89.4 Å². The van der Waals surface area contributed by atoms with Crippen LogP contribution in [0.5, 0.6) is 0 Å². The van der Waals surface area contributed by atoms with Crippen LogP contribution < -0.4 is 0 Å². The van der Waals surface area contributed by atoms with Gasteiger partial charge in [0.2, 0.25) is 0 Å². The highest BCUT2D eigenvalue weighted by molar-refractivity contribution is 9.10. The molecule has 1 aromatic heterocycles. The van der Waals surface area contributed by atoms with E-state index in [4.69, 9.17) is 5.10 Å². The molecular formula is C23H19BrN2. The lowest BCUT2D eigenvalue weighted by Gasteiger charge is -2.09. The predicted molar refractivity (Wildman–Crippen MR) is 112 cm³/mol. The molecule has 0 saturated heterocycles. The predicted octanol–water partition coefficient (Wildman–Crippen LogP) is 6.53. The lowest BCUT2D eigenvalue weighted by atomic mass is 9.98. The average molecular weight is 403 g/mol. The van der Waals surface area contributed by atoms with Crippen LogP contribution in [0.1, 0.15) is 12.6 Å². The van der Waals surface area contributed by atoms with Crippen LogP contribution in [-0.2, 0) is 6.42 Å². The molecule has 4 aromatic rings. The minimum Gasteiger partial charge on any atom is -0.235 e. The zero-order valence-electron chi connectivity index (χ0n) is 14.6. The number of aromatic nitrogens is 2. The minimum atomic E-state index is 0.894. The normalized spacial score (nSPS) is 10.8. The molecule has 0 fully saturated rings. The first-order valence-electron chi connectivity index (χ1n) is 8.77. The number of para-hydroxylation sites is 1. The van der Waals surface area contributed by atoms with E-state index >= 15 is 0 Å². The Kier molecular flexibility index (Phi) is 4.72. The molecular weight excluding hydrogens is 384 g/mol. The fourth-order valence-electron chi connectivity index (χ4n) is 3.31. The summed E-state index contributed by atoms with van der Waals surface area (Å²) in [6.45, 7) is 2.19.